The summed E-state index contributed by atoms with van der Waals surface area (Å²) < 4.78 is 8.90. The molecule has 9 heteroatoms. The number of benzene rings is 3. The first-order valence-electron chi connectivity index (χ1n) is 11.1. The molecule has 8 nitrogen and oxygen atoms in total. The maximum atomic E-state index is 13.4. The minimum Gasteiger partial charge on any atom is -0.496 e. The molecule has 0 radical (unpaired) electrons. The molecule has 0 atom stereocenters. The Hall–Kier alpha value is -4.11. The van der Waals surface area contributed by atoms with Gasteiger partial charge in [0, 0.05) is 12.1 Å². The molecule has 0 aliphatic rings. The van der Waals surface area contributed by atoms with Crippen LogP contribution in [-0.4, -0.2) is 37.9 Å². The van der Waals surface area contributed by atoms with Gasteiger partial charge in [-0.3, -0.25) is 18.6 Å². The monoisotopic (exact) mass is 485 g/mol. The van der Waals surface area contributed by atoms with Crippen molar-refractivity contribution in [3.8, 4) is 5.75 Å². The van der Waals surface area contributed by atoms with E-state index in [0.29, 0.717) is 34.1 Å². The van der Waals surface area contributed by atoms with Crippen LogP contribution in [-0.2, 0) is 17.9 Å². The Morgan fingerprint density at radius 2 is 1.71 bits per heavy atom. The van der Waals surface area contributed by atoms with Crippen molar-refractivity contribution in [3.05, 3.63) is 100 Å². The number of amides is 1. The van der Waals surface area contributed by atoms with E-state index in [0.717, 1.165) is 11.1 Å². The topological polar surface area (TPSA) is 90.5 Å². The minimum absolute atomic E-state index is 0.109. The van der Waals surface area contributed by atoms with Crippen LogP contribution in [0.15, 0.2) is 88.8 Å². The molecule has 0 spiro atoms. The van der Waals surface area contributed by atoms with E-state index < -0.39 is 0 Å². The second-order valence-electron chi connectivity index (χ2n) is 7.89. The van der Waals surface area contributed by atoms with Gasteiger partial charge in [-0.15, -0.1) is 10.2 Å². The number of hydrogen-bond acceptors (Lipinski definition) is 6. The molecule has 0 aliphatic carbocycles. The van der Waals surface area contributed by atoms with Gasteiger partial charge in [0.1, 0.15) is 5.75 Å². The summed E-state index contributed by atoms with van der Waals surface area (Å²) >= 11 is 1.28. The number of fused-ring (bicyclic) bond motifs is 3. The van der Waals surface area contributed by atoms with Gasteiger partial charge in [-0.05, 0) is 23.8 Å². The molecule has 0 fully saturated rings. The maximum Gasteiger partial charge on any atom is 0.263 e. The van der Waals surface area contributed by atoms with Gasteiger partial charge in [0.05, 0.1) is 30.3 Å². The van der Waals surface area contributed by atoms with Crippen LogP contribution < -0.4 is 15.6 Å². The summed E-state index contributed by atoms with van der Waals surface area (Å²) in [6.45, 7) is 0.736. The molecule has 0 bridgehead atoms. The van der Waals surface area contributed by atoms with E-state index in [9.17, 15) is 9.59 Å². The van der Waals surface area contributed by atoms with E-state index in [2.05, 4.69) is 15.5 Å². The Kier molecular flexibility index (Phi) is 6.49. The van der Waals surface area contributed by atoms with E-state index in [4.69, 9.17) is 4.74 Å². The first-order chi connectivity index (χ1) is 17.2. The van der Waals surface area contributed by atoms with Crippen LogP contribution in [0.2, 0.25) is 0 Å². The predicted octanol–water partition coefficient (Wildman–Crippen LogP) is 3.51. The third-order valence-corrected chi connectivity index (χ3v) is 6.59. The Bertz CT molecular complexity index is 1560. The maximum absolute atomic E-state index is 13.4. The van der Waals surface area contributed by atoms with Crippen LogP contribution in [0, 0.1) is 0 Å². The zero-order chi connectivity index (χ0) is 24.2. The first-order valence-corrected chi connectivity index (χ1v) is 12.1. The Balaban J connectivity index is 1.47. The molecule has 1 amide bonds. The van der Waals surface area contributed by atoms with Crippen LogP contribution in [0.1, 0.15) is 11.1 Å². The number of carbonyl (C=O) groups is 1. The highest BCUT2D eigenvalue weighted by molar-refractivity contribution is 7.99. The van der Waals surface area contributed by atoms with Gasteiger partial charge >= 0.3 is 0 Å². The van der Waals surface area contributed by atoms with E-state index >= 15 is 0 Å². The van der Waals surface area contributed by atoms with Crippen molar-refractivity contribution in [1.29, 1.82) is 0 Å². The summed E-state index contributed by atoms with van der Waals surface area (Å²) in [5.41, 5.74) is 2.42. The largest absolute Gasteiger partial charge is 0.496 e. The Labute approximate surface area is 205 Å². The number of para-hydroxylation sites is 2. The fraction of sp³-hybridized carbons (Fsp3) is 0.154. The highest BCUT2D eigenvalue weighted by Gasteiger charge is 2.18. The standard InChI is InChI=1S/C26H23N5O3S/c1-34-22-14-8-5-11-19(22)16-30-24(33)20-12-6-7-13-21(20)31-25(30)28-29-26(31)35-17-23(32)27-15-18-9-3-2-4-10-18/h2-14H,15-17H2,1H3,(H,27,32). The first kappa shape index (κ1) is 22.7. The Morgan fingerprint density at radius 1 is 0.971 bits per heavy atom. The van der Waals surface area contributed by atoms with Crippen LogP contribution in [0.4, 0.5) is 0 Å². The van der Waals surface area contributed by atoms with E-state index in [1.165, 1.54) is 11.8 Å². The summed E-state index contributed by atoms with van der Waals surface area (Å²) in [6, 6.07) is 24.7. The average molecular weight is 486 g/mol. The summed E-state index contributed by atoms with van der Waals surface area (Å²) in [4.78, 5) is 25.9. The number of thioether (sulfide) groups is 1. The fourth-order valence-corrected chi connectivity index (χ4v) is 4.72. The SMILES string of the molecule is COc1ccccc1Cn1c(=O)c2ccccc2n2c(SCC(=O)NCc3ccccc3)nnc12. The van der Waals surface area contributed by atoms with Crippen LogP contribution in [0.5, 0.6) is 5.75 Å². The van der Waals surface area contributed by atoms with Gasteiger partial charge in [-0.1, -0.05) is 72.4 Å². The number of nitrogens with one attached hydrogen (secondary N) is 1. The van der Waals surface area contributed by atoms with Crippen molar-refractivity contribution in [2.75, 3.05) is 12.9 Å². The second-order valence-corrected chi connectivity index (χ2v) is 8.83. The van der Waals surface area contributed by atoms with Gasteiger partial charge in [-0.2, -0.15) is 0 Å². The highest BCUT2D eigenvalue weighted by atomic mass is 32.2. The predicted molar refractivity (Wildman–Crippen MR) is 136 cm³/mol. The normalized spacial score (nSPS) is 11.1. The molecule has 176 valence electrons. The molecule has 0 aliphatic heterocycles. The molecule has 0 saturated heterocycles. The van der Waals surface area contributed by atoms with Crippen molar-refractivity contribution in [2.45, 2.75) is 18.2 Å². The summed E-state index contributed by atoms with van der Waals surface area (Å²) in [5, 5.41) is 12.7. The van der Waals surface area contributed by atoms with Gasteiger partial charge < -0.3 is 10.1 Å². The number of carbonyl (C=O) groups excluding carboxylic acids is 1. The summed E-state index contributed by atoms with van der Waals surface area (Å²) in [6.07, 6.45) is 0. The molecule has 3 aromatic carbocycles. The van der Waals surface area contributed by atoms with Crippen molar-refractivity contribution >= 4 is 34.3 Å². The van der Waals surface area contributed by atoms with Crippen LogP contribution in [0.25, 0.3) is 16.7 Å². The molecule has 5 rings (SSSR count). The van der Waals surface area contributed by atoms with Crippen molar-refractivity contribution < 1.29 is 9.53 Å². The lowest BCUT2D eigenvalue weighted by molar-refractivity contribution is -0.118. The highest BCUT2D eigenvalue weighted by Crippen LogP contribution is 2.23. The third-order valence-electron chi connectivity index (χ3n) is 5.66. The molecule has 0 saturated carbocycles. The van der Waals surface area contributed by atoms with Gasteiger partial charge in [-0.25, -0.2) is 0 Å². The zero-order valence-corrected chi connectivity index (χ0v) is 19.9. The summed E-state index contributed by atoms with van der Waals surface area (Å²) in [7, 11) is 1.60. The molecule has 5 aromatic rings. The van der Waals surface area contributed by atoms with Crippen molar-refractivity contribution in [3.63, 3.8) is 0 Å². The van der Waals surface area contributed by atoms with E-state index in [1.807, 2.05) is 77.2 Å². The van der Waals surface area contributed by atoms with Gasteiger partial charge in [0.15, 0.2) is 5.16 Å². The molecule has 35 heavy (non-hydrogen) atoms. The molecule has 2 aromatic heterocycles. The quantitative estimate of drug-likeness (QED) is 0.338. The number of aromatic nitrogens is 4. The number of methoxy groups -OCH3 is 1. The second kappa shape index (κ2) is 10.0. The minimum atomic E-state index is -0.163. The molecule has 0 unspecified atom stereocenters. The molecular weight excluding hydrogens is 462 g/mol. The van der Waals surface area contributed by atoms with Gasteiger partial charge in [0.2, 0.25) is 11.7 Å². The average Bonchev–Trinajstić information content (AvgIpc) is 3.33. The lowest BCUT2D eigenvalue weighted by Gasteiger charge is -2.13. The van der Waals surface area contributed by atoms with Crippen LogP contribution in [0.3, 0.4) is 0 Å². The number of ether oxygens (including phenoxy) is 1. The van der Waals surface area contributed by atoms with E-state index in [1.54, 1.807) is 17.7 Å². The van der Waals surface area contributed by atoms with Crippen molar-refractivity contribution in [1.82, 2.24) is 24.5 Å². The third kappa shape index (κ3) is 4.63. The fourth-order valence-electron chi connectivity index (χ4n) is 3.95. The number of nitrogens with zero attached hydrogens (tertiary/aromatic N) is 4. The zero-order valence-electron chi connectivity index (χ0n) is 19.0. The van der Waals surface area contributed by atoms with Crippen molar-refractivity contribution in [2.24, 2.45) is 0 Å². The molecule has 2 heterocycles. The summed E-state index contributed by atoms with van der Waals surface area (Å²) in [5.74, 6) is 1.16. The Morgan fingerprint density at radius 3 is 2.54 bits per heavy atom. The van der Waals surface area contributed by atoms with Crippen LogP contribution >= 0.6 is 11.8 Å². The molecule has 1 N–H and O–H groups in total. The smallest absolute Gasteiger partial charge is 0.263 e. The lowest BCUT2D eigenvalue weighted by Crippen LogP contribution is -2.25. The van der Waals surface area contributed by atoms with Gasteiger partial charge in [0.25, 0.3) is 5.56 Å². The molecular formula is C26H23N5O3S. The number of hydrogen-bond donors (Lipinski definition) is 1. The van der Waals surface area contributed by atoms with E-state index in [-0.39, 0.29) is 23.8 Å². The lowest BCUT2D eigenvalue weighted by atomic mass is 10.2. The number of rotatable bonds is 8.